The van der Waals surface area contributed by atoms with Gasteiger partial charge in [-0.15, -0.1) is 0 Å². The van der Waals surface area contributed by atoms with E-state index >= 15 is 0 Å². The van der Waals surface area contributed by atoms with Gasteiger partial charge in [0, 0.05) is 18.5 Å². The molecule has 0 fully saturated rings. The quantitative estimate of drug-likeness (QED) is 0.510. The monoisotopic (exact) mass is 124 g/mol. The summed E-state index contributed by atoms with van der Waals surface area (Å²) in [5.41, 5.74) is 0. The third kappa shape index (κ3) is 1.28. The summed E-state index contributed by atoms with van der Waals surface area (Å²) in [6, 6.07) is 0. The molecule has 1 aliphatic heterocycles. The molecule has 1 heterocycles. The zero-order chi connectivity index (χ0) is 6.69. The second-order valence-electron chi connectivity index (χ2n) is 1.38. The molecule has 0 aromatic rings. The highest BCUT2D eigenvalue weighted by Crippen LogP contribution is 1.98. The van der Waals surface area contributed by atoms with Crippen LogP contribution in [0.25, 0.3) is 0 Å². The van der Waals surface area contributed by atoms with Crippen LogP contribution in [0.1, 0.15) is 0 Å². The van der Waals surface area contributed by atoms with Crippen LogP contribution < -0.4 is 0 Å². The van der Waals surface area contributed by atoms with Gasteiger partial charge in [0.1, 0.15) is 0 Å². The Kier molecular flexibility index (Phi) is 1.48. The van der Waals surface area contributed by atoms with Crippen LogP contribution in [0.5, 0.6) is 0 Å². The fraction of sp³-hybridized carbons (Fsp3) is 0. The first-order valence-corrected chi connectivity index (χ1v) is 2.26. The van der Waals surface area contributed by atoms with Crippen LogP contribution in [-0.4, -0.2) is 22.3 Å². The number of carbonyl (C=O) groups is 1. The van der Waals surface area contributed by atoms with Gasteiger partial charge in [-0.2, -0.15) is 0 Å². The van der Waals surface area contributed by atoms with E-state index in [1.807, 2.05) is 0 Å². The number of hydrogen-bond donors (Lipinski definition) is 1. The predicted molar refractivity (Wildman–Crippen MR) is 30.5 cm³/mol. The minimum atomic E-state index is -1.06. The molecule has 1 aliphatic rings. The maximum atomic E-state index is 10.1. The molecule has 0 unspecified atom stereocenters. The molecule has 4 heteroatoms. The first-order valence-electron chi connectivity index (χ1n) is 2.26. The Bertz CT molecular complexity index is 174. The summed E-state index contributed by atoms with van der Waals surface area (Å²) in [4.78, 5) is 14.6. The fourth-order valence-electron chi connectivity index (χ4n) is 0.400. The van der Waals surface area contributed by atoms with Crippen LogP contribution in [0.4, 0.5) is 4.79 Å². The Labute approximate surface area is 52.1 Å². The topological polar surface area (TPSA) is 52.9 Å². The average molecular weight is 124 g/mol. The smallest absolute Gasteiger partial charge is 0.413 e. The van der Waals surface area contributed by atoms with Gasteiger partial charge in [0.05, 0.1) is 0 Å². The molecule has 0 aromatic carbocycles. The van der Waals surface area contributed by atoms with Crippen LogP contribution in [-0.2, 0) is 0 Å². The first-order chi connectivity index (χ1) is 4.30. The molecule has 0 aliphatic carbocycles. The molecule has 0 atom stereocenters. The number of carboxylic acid groups (broad SMARTS) is 1. The van der Waals surface area contributed by atoms with Gasteiger partial charge in [-0.25, -0.2) is 4.79 Å². The summed E-state index contributed by atoms with van der Waals surface area (Å²) in [5, 5.41) is 8.29. The summed E-state index contributed by atoms with van der Waals surface area (Å²) in [6.45, 7) is 1.19. The van der Waals surface area contributed by atoms with E-state index in [-0.39, 0.29) is 0 Å². The van der Waals surface area contributed by atoms with Crippen LogP contribution in [0.15, 0.2) is 11.2 Å². The normalized spacial score (nSPS) is 16.2. The second-order valence-corrected chi connectivity index (χ2v) is 1.38. The molecule has 0 bridgehead atoms. The Morgan fingerprint density at radius 1 is 1.78 bits per heavy atom. The number of allylic oxidation sites excluding steroid dienone is 1. The first kappa shape index (κ1) is 5.81. The lowest BCUT2D eigenvalue weighted by Gasteiger charge is -2.10. The van der Waals surface area contributed by atoms with Crippen molar-refractivity contribution in [3.05, 3.63) is 18.9 Å². The Balaban J connectivity index is 2.56. The van der Waals surface area contributed by atoms with Crippen molar-refractivity contribution in [2.75, 3.05) is 0 Å². The maximum absolute atomic E-state index is 10.1. The van der Waals surface area contributed by atoms with E-state index in [9.17, 15) is 4.79 Å². The summed E-state index contributed by atoms with van der Waals surface area (Å²) in [5.74, 6) is 0. The SMILES string of the molecule is O=C(O)N1[CH]N=C[C]=C1. The number of rotatable bonds is 0. The van der Waals surface area contributed by atoms with E-state index < -0.39 is 6.09 Å². The predicted octanol–water partition coefficient (Wildman–Crippen LogP) is 0.487. The Hall–Kier alpha value is -1.32. The minimum Gasteiger partial charge on any atom is -0.465 e. The van der Waals surface area contributed by atoms with Gasteiger partial charge in [0.25, 0.3) is 0 Å². The van der Waals surface area contributed by atoms with Crippen molar-refractivity contribution >= 4 is 12.3 Å². The van der Waals surface area contributed by atoms with Crippen molar-refractivity contribution < 1.29 is 9.90 Å². The molecule has 4 nitrogen and oxygen atoms in total. The number of nitrogens with zero attached hydrogens (tertiary/aromatic N) is 2. The molecule has 46 valence electrons. The second kappa shape index (κ2) is 2.30. The van der Waals surface area contributed by atoms with E-state index in [4.69, 9.17) is 5.11 Å². The molecular weight excluding hydrogens is 120 g/mol. The summed E-state index contributed by atoms with van der Waals surface area (Å²) in [6.07, 6.45) is 4.13. The molecule has 0 aromatic heterocycles. The maximum Gasteiger partial charge on any atom is 0.413 e. The van der Waals surface area contributed by atoms with Crippen LogP contribution >= 0.6 is 0 Å². The molecule has 9 heavy (non-hydrogen) atoms. The number of amides is 1. The highest BCUT2D eigenvalue weighted by Gasteiger charge is 2.07. The third-order valence-corrected chi connectivity index (χ3v) is 0.775. The zero-order valence-electron chi connectivity index (χ0n) is 4.48. The Morgan fingerprint density at radius 3 is 2.89 bits per heavy atom. The minimum absolute atomic E-state index is 0.917. The van der Waals surface area contributed by atoms with Crippen molar-refractivity contribution in [1.82, 2.24) is 4.90 Å². The summed E-state index contributed by atoms with van der Waals surface area (Å²) < 4.78 is 0. The molecule has 2 radical (unpaired) electrons. The van der Waals surface area contributed by atoms with Gasteiger partial charge in [-0.05, 0) is 0 Å². The molecular formula is C5H4N2O2. The highest BCUT2D eigenvalue weighted by molar-refractivity contribution is 5.73. The summed E-state index contributed by atoms with van der Waals surface area (Å²) >= 11 is 0. The van der Waals surface area contributed by atoms with Crippen LogP contribution in [0.3, 0.4) is 0 Å². The van der Waals surface area contributed by atoms with Gasteiger partial charge in [0.2, 0.25) is 0 Å². The molecule has 1 amide bonds. The van der Waals surface area contributed by atoms with E-state index in [2.05, 4.69) is 11.1 Å². The lowest BCUT2D eigenvalue weighted by molar-refractivity contribution is 0.170. The van der Waals surface area contributed by atoms with Crippen molar-refractivity contribution in [3.8, 4) is 0 Å². The lowest BCUT2D eigenvalue weighted by Crippen LogP contribution is -2.21. The average Bonchev–Trinajstić information content (AvgIpc) is 1.90. The van der Waals surface area contributed by atoms with Gasteiger partial charge in [0.15, 0.2) is 6.67 Å². The zero-order valence-corrected chi connectivity index (χ0v) is 4.48. The van der Waals surface area contributed by atoms with E-state index in [0.29, 0.717) is 0 Å². The van der Waals surface area contributed by atoms with Gasteiger partial charge < -0.3 is 5.11 Å². The number of hydrogen-bond acceptors (Lipinski definition) is 2. The highest BCUT2D eigenvalue weighted by atomic mass is 16.4. The molecule has 0 saturated carbocycles. The fourth-order valence-corrected chi connectivity index (χ4v) is 0.400. The van der Waals surface area contributed by atoms with E-state index in [1.54, 1.807) is 0 Å². The largest absolute Gasteiger partial charge is 0.465 e. The van der Waals surface area contributed by atoms with Crippen molar-refractivity contribution in [2.24, 2.45) is 4.99 Å². The van der Waals surface area contributed by atoms with Crippen molar-refractivity contribution in [3.63, 3.8) is 0 Å². The van der Waals surface area contributed by atoms with Gasteiger partial charge in [-0.3, -0.25) is 9.89 Å². The van der Waals surface area contributed by atoms with Gasteiger partial charge >= 0.3 is 6.09 Å². The van der Waals surface area contributed by atoms with Crippen LogP contribution in [0, 0.1) is 12.7 Å². The van der Waals surface area contributed by atoms with E-state index in [0.717, 1.165) is 4.90 Å². The van der Waals surface area contributed by atoms with Crippen molar-refractivity contribution in [1.29, 1.82) is 0 Å². The number of aliphatic imine (C=N–C) groups is 1. The molecule has 0 spiro atoms. The van der Waals surface area contributed by atoms with Gasteiger partial charge in [-0.1, -0.05) is 0 Å². The van der Waals surface area contributed by atoms with Crippen LogP contribution in [0.2, 0.25) is 0 Å². The van der Waals surface area contributed by atoms with E-state index in [1.165, 1.54) is 19.1 Å². The molecule has 0 saturated heterocycles. The molecule has 1 rings (SSSR count). The summed E-state index contributed by atoms with van der Waals surface area (Å²) in [7, 11) is 0. The Morgan fingerprint density at radius 2 is 2.56 bits per heavy atom. The van der Waals surface area contributed by atoms with Crippen molar-refractivity contribution in [2.45, 2.75) is 0 Å². The standard InChI is InChI=1S/C5H4N2O2/c8-5(9)7-3-1-2-6-4-7/h2-4H,(H,8,9). The third-order valence-electron chi connectivity index (χ3n) is 0.775. The molecule has 1 N–H and O–H groups in total. The lowest BCUT2D eigenvalue weighted by atomic mass is 10.5.